The van der Waals surface area contributed by atoms with E-state index in [1.165, 1.54) is 0 Å². The first-order valence-electron chi connectivity index (χ1n) is 4.45. The fourth-order valence-electron chi connectivity index (χ4n) is 1.31. The molecule has 1 aliphatic heterocycles. The maximum absolute atomic E-state index is 11.3. The van der Waals surface area contributed by atoms with Gasteiger partial charge in [0.05, 0.1) is 0 Å². The van der Waals surface area contributed by atoms with Crippen molar-refractivity contribution in [2.75, 3.05) is 13.1 Å². The van der Waals surface area contributed by atoms with Crippen molar-refractivity contribution in [1.29, 1.82) is 5.41 Å². The number of carbonyl (C=O) groups excluding carboxylic acids is 1. The Morgan fingerprint density at radius 2 is 2.15 bits per heavy atom. The number of piperidine rings is 1. The summed E-state index contributed by atoms with van der Waals surface area (Å²) >= 11 is 0. The van der Waals surface area contributed by atoms with E-state index < -0.39 is 0 Å². The molecule has 1 aliphatic rings. The van der Waals surface area contributed by atoms with Gasteiger partial charge in [0.2, 0.25) is 0 Å². The highest BCUT2D eigenvalue weighted by molar-refractivity contribution is 6.10. The second-order valence-electron chi connectivity index (χ2n) is 3.17. The zero-order chi connectivity index (χ0) is 9.68. The molecule has 1 fully saturated rings. The van der Waals surface area contributed by atoms with Crippen molar-refractivity contribution in [3.8, 4) is 0 Å². The fourth-order valence-corrected chi connectivity index (χ4v) is 1.31. The van der Waals surface area contributed by atoms with Gasteiger partial charge in [-0.25, -0.2) is 0 Å². The molecule has 0 radical (unpaired) electrons. The first-order valence-corrected chi connectivity index (χ1v) is 4.45. The third-order valence-electron chi connectivity index (χ3n) is 2.14. The maximum Gasteiger partial charge on any atom is 0.252 e. The van der Waals surface area contributed by atoms with Crippen molar-refractivity contribution in [2.24, 2.45) is 0 Å². The minimum absolute atomic E-state index is 0.220. The lowest BCUT2D eigenvalue weighted by molar-refractivity contribution is -0.117. The molecule has 3 N–H and O–H groups in total. The van der Waals surface area contributed by atoms with Crippen LogP contribution in [0.2, 0.25) is 0 Å². The van der Waals surface area contributed by atoms with Crippen LogP contribution in [0.3, 0.4) is 0 Å². The van der Waals surface area contributed by atoms with Gasteiger partial charge in [-0.1, -0.05) is 6.58 Å². The molecule has 4 heteroatoms. The zero-order valence-corrected chi connectivity index (χ0v) is 7.60. The van der Waals surface area contributed by atoms with E-state index >= 15 is 0 Å². The average molecular weight is 181 g/mol. The molecule has 0 atom stereocenters. The molecule has 0 saturated carbocycles. The summed E-state index contributed by atoms with van der Waals surface area (Å²) in [6.45, 7) is 5.36. The molecule has 0 aromatic carbocycles. The molecule has 0 aromatic heterocycles. The summed E-state index contributed by atoms with van der Waals surface area (Å²) in [6, 6.07) is 0.241. The second kappa shape index (κ2) is 4.77. The summed E-state index contributed by atoms with van der Waals surface area (Å²) in [5.74, 6) is -0.220. The number of rotatable bonds is 3. The Hall–Kier alpha value is -1.16. The highest BCUT2D eigenvalue weighted by Gasteiger charge is 2.15. The monoisotopic (exact) mass is 181 g/mol. The minimum Gasteiger partial charge on any atom is -0.349 e. The van der Waals surface area contributed by atoms with E-state index in [0.717, 1.165) is 32.1 Å². The smallest absolute Gasteiger partial charge is 0.252 e. The quantitative estimate of drug-likeness (QED) is 0.426. The van der Waals surface area contributed by atoms with Crippen molar-refractivity contribution in [3.05, 3.63) is 12.2 Å². The van der Waals surface area contributed by atoms with E-state index in [2.05, 4.69) is 17.2 Å². The van der Waals surface area contributed by atoms with E-state index in [4.69, 9.17) is 5.41 Å². The molecule has 1 saturated heterocycles. The number of nitrogens with one attached hydrogen (secondary N) is 3. The van der Waals surface area contributed by atoms with Crippen LogP contribution < -0.4 is 10.6 Å². The van der Waals surface area contributed by atoms with Gasteiger partial charge in [-0.15, -0.1) is 0 Å². The van der Waals surface area contributed by atoms with Crippen molar-refractivity contribution < 1.29 is 4.79 Å². The maximum atomic E-state index is 11.3. The van der Waals surface area contributed by atoms with E-state index in [9.17, 15) is 4.79 Å². The molecule has 13 heavy (non-hydrogen) atoms. The molecule has 1 rings (SSSR count). The molecule has 1 amide bonds. The van der Waals surface area contributed by atoms with Crippen LogP contribution >= 0.6 is 0 Å². The van der Waals surface area contributed by atoms with Crippen LogP contribution in [0.1, 0.15) is 12.8 Å². The highest BCUT2D eigenvalue weighted by atomic mass is 16.1. The fraction of sp³-hybridized carbons (Fsp3) is 0.556. The topological polar surface area (TPSA) is 65.0 Å². The van der Waals surface area contributed by atoms with Crippen molar-refractivity contribution in [3.63, 3.8) is 0 Å². The molecule has 0 aliphatic carbocycles. The molecule has 72 valence electrons. The number of amides is 1. The largest absolute Gasteiger partial charge is 0.349 e. The Morgan fingerprint density at radius 3 is 2.69 bits per heavy atom. The number of carbonyl (C=O) groups is 1. The van der Waals surface area contributed by atoms with E-state index in [1.54, 1.807) is 0 Å². The zero-order valence-electron chi connectivity index (χ0n) is 7.60. The van der Waals surface area contributed by atoms with Crippen LogP contribution in [0.25, 0.3) is 0 Å². The van der Waals surface area contributed by atoms with E-state index in [0.29, 0.717) is 0 Å². The molecule has 1 heterocycles. The minimum atomic E-state index is -0.220. The Bertz CT molecular complexity index is 219. The lowest BCUT2D eigenvalue weighted by Crippen LogP contribution is -2.43. The number of hydrogen-bond donors (Lipinski definition) is 3. The second-order valence-corrected chi connectivity index (χ2v) is 3.17. The van der Waals surface area contributed by atoms with Crippen LogP contribution in [-0.4, -0.2) is 31.3 Å². The van der Waals surface area contributed by atoms with Gasteiger partial charge in [-0.05, 0) is 25.9 Å². The molecule has 0 spiro atoms. The lowest BCUT2D eigenvalue weighted by atomic mass is 10.1. The first kappa shape index (κ1) is 9.92. The van der Waals surface area contributed by atoms with Crippen molar-refractivity contribution in [2.45, 2.75) is 18.9 Å². The summed E-state index contributed by atoms with van der Waals surface area (Å²) in [6.07, 6.45) is 2.89. The van der Waals surface area contributed by atoms with Gasteiger partial charge in [-0.2, -0.15) is 0 Å². The Morgan fingerprint density at radius 1 is 1.54 bits per heavy atom. The molecule has 4 nitrogen and oxygen atoms in total. The molecule has 0 bridgehead atoms. The summed E-state index contributed by atoms with van der Waals surface area (Å²) in [4.78, 5) is 11.3. The predicted octanol–water partition coefficient (Wildman–Crippen LogP) is 0.0604. The Kier molecular flexibility index (Phi) is 3.64. The van der Waals surface area contributed by atoms with Crippen LogP contribution in [-0.2, 0) is 4.79 Å². The van der Waals surface area contributed by atoms with Crippen LogP contribution in [0.5, 0.6) is 0 Å². The van der Waals surface area contributed by atoms with Gasteiger partial charge >= 0.3 is 0 Å². The summed E-state index contributed by atoms with van der Waals surface area (Å²) in [5, 5.41) is 12.9. The summed E-state index contributed by atoms with van der Waals surface area (Å²) in [7, 11) is 0. The SMILES string of the molecule is C=C(C=N)C(=O)NC1CCNCC1. The van der Waals surface area contributed by atoms with E-state index in [1.807, 2.05) is 0 Å². The third-order valence-corrected chi connectivity index (χ3v) is 2.14. The van der Waals surface area contributed by atoms with Crippen LogP contribution in [0.15, 0.2) is 12.2 Å². The lowest BCUT2D eigenvalue weighted by Gasteiger charge is -2.23. The van der Waals surface area contributed by atoms with Crippen molar-refractivity contribution in [1.82, 2.24) is 10.6 Å². The average Bonchev–Trinajstić information content (AvgIpc) is 2.18. The third kappa shape index (κ3) is 2.99. The Balaban J connectivity index is 2.34. The van der Waals surface area contributed by atoms with Gasteiger partial charge in [0.25, 0.3) is 5.91 Å². The van der Waals surface area contributed by atoms with Gasteiger partial charge in [0, 0.05) is 17.8 Å². The molecular formula is C9H15N3O. The highest BCUT2D eigenvalue weighted by Crippen LogP contribution is 2.02. The van der Waals surface area contributed by atoms with Gasteiger partial charge in [0.15, 0.2) is 0 Å². The normalized spacial score (nSPS) is 17.8. The standard InChI is InChI=1S/C9H15N3O/c1-7(6-10)9(13)12-8-2-4-11-5-3-8/h6,8,10-11H,1-5H2,(H,12,13). The van der Waals surface area contributed by atoms with Gasteiger partial charge in [-0.3, -0.25) is 4.79 Å². The summed E-state index contributed by atoms with van der Waals surface area (Å²) in [5.41, 5.74) is 0.221. The van der Waals surface area contributed by atoms with Crippen molar-refractivity contribution >= 4 is 12.1 Å². The molecule has 0 unspecified atom stereocenters. The summed E-state index contributed by atoms with van der Waals surface area (Å²) < 4.78 is 0. The Labute approximate surface area is 77.9 Å². The molecular weight excluding hydrogens is 166 g/mol. The van der Waals surface area contributed by atoms with Gasteiger partial charge in [0.1, 0.15) is 0 Å². The predicted molar refractivity (Wildman–Crippen MR) is 52.0 cm³/mol. The number of hydrogen-bond acceptors (Lipinski definition) is 3. The van der Waals surface area contributed by atoms with Crippen LogP contribution in [0, 0.1) is 5.41 Å². The van der Waals surface area contributed by atoms with Gasteiger partial charge < -0.3 is 16.0 Å². The molecule has 0 aromatic rings. The van der Waals surface area contributed by atoms with E-state index in [-0.39, 0.29) is 17.5 Å². The van der Waals surface area contributed by atoms with Crippen LogP contribution in [0.4, 0.5) is 0 Å². The first-order chi connectivity index (χ1) is 6.24.